The van der Waals surface area contributed by atoms with Crippen LogP contribution in [0.2, 0.25) is 5.28 Å². The molecule has 3 heterocycles. The summed E-state index contributed by atoms with van der Waals surface area (Å²) in [4.78, 5) is 42.3. The molecule has 11 nitrogen and oxygen atoms in total. The van der Waals surface area contributed by atoms with Gasteiger partial charge in [0.25, 0.3) is 4.92 Å². The molecular formula is C19H30ClN6O5+. The number of aromatic nitrogens is 2. The maximum Gasteiger partial charge on any atom is 0.410 e. The van der Waals surface area contributed by atoms with Gasteiger partial charge in [0.15, 0.2) is 7.11 Å². The second-order valence-electron chi connectivity index (χ2n) is 8.44. The molecule has 3 rings (SSSR count). The van der Waals surface area contributed by atoms with Crippen LogP contribution in [0.15, 0.2) is 0 Å². The van der Waals surface area contributed by atoms with Crippen LogP contribution in [0.3, 0.4) is 0 Å². The Kier molecular flexibility index (Phi) is 7.37. The van der Waals surface area contributed by atoms with Gasteiger partial charge in [-0.2, -0.15) is 9.97 Å². The fourth-order valence-electron chi connectivity index (χ4n) is 3.46. The van der Waals surface area contributed by atoms with E-state index in [4.69, 9.17) is 25.9 Å². The van der Waals surface area contributed by atoms with Crippen LogP contribution in [-0.2, 0) is 14.3 Å². The van der Waals surface area contributed by atoms with Crippen LogP contribution < -0.4 is 10.2 Å². The molecule has 2 saturated heterocycles. The summed E-state index contributed by atoms with van der Waals surface area (Å²) in [6.45, 7) is 8.51. The quantitative estimate of drug-likeness (QED) is 0.527. The zero-order valence-electron chi connectivity index (χ0n) is 18.4. The average molecular weight is 458 g/mol. The van der Waals surface area contributed by atoms with Crippen LogP contribution in [0.5, 0.6) is 0 Å². The number of nitrogens with zero attached hydrogens (tertiary/aromatic N) is 5. The third-order valence-corrected chi connectivity index (χ3v) is 5.15. The van der Waals surface area contributed by atoms with Crippen LogP contribution in [0.4, 0.5) is 22.1 Å². The number of hydrogen-bond acceptors (Lipinski definition) is 9. The van der Waals surface area contributed by atoms with Crippen molar-refractivity contribution >= 4 is 35.0 Å². The molecule has 2 aliphatic rings. The fourth-order valence-corrected chi connectivity index (χ4v) is 3.62. The van der Waals surface area contributed by atoms with E-state index in [9.17, 15) is 9.70 Å². The number of amides is 1. The van der Waals surface area contributed by atoms with Crippen molar-refractivity contribution in [2.75, 3.05) is 56.7 Å². The number of rotatable bonds is 5. The summed E-state index contributed by atoms with van der Waals surface area (Å²) in [6, 6.07) is 0.0978. The Morgan fingerprint density at radius 2 is 1.84 bits per heavy atom. The molecule has 0 radical (unpaired) electrons. The van der Waals surface area contributed by atoms with Crippen LogP contribution in [-0.4, -0.2) is 84.0 Å². The van der Waals surface area contributed by atoms with E-state index in [0.717, 1.165) is 12.8 Å². The number of halogens is 1. The monoisotopic (exact) mass is 457 g/mol. The number of carbonyl (C=O) groups is 1. The molecule has 2 aliphatic heterocycles. The van der Waals surface area contributed by atoms with Crippen molar-refractivity contribution in [3.63, 3.8) is 0 Å². The fraction of sp³-hybridized carbons (Fsp3) is 0.737. The Bertz CT molecular complexity index is 804. The lowest BCUT2D eigenvalue weighted by Gasteiger charge is -2.35. The van der Waals surface area contributed by atoms with Gasteiger partial charge in [-0.05, 0) is 45.2 Å². The highest BCUT2D eigenvalue weighted by molar-refractivity contribution is 6.28. The largest absolute Gasteiger partial charge is 0.444 e. The highest BCUT2D eigenvalue weighted by Crippen LogP contribution is 2.35. The Morgan fingerprint density at radius 1 is 1.19 bits per heavy atom. The average Bonchev–Trinajstić information content (AvgIpc) is 2.72. The van der Waals surface area contributed by atoms with E-state index in [-0.39, 0.29) is 23.1 Å². The molecule has 1 amide bonds. The van der Waals surface area contributed by atoms with Crippen LogP contribution in [0.25, 0.3) is 0 Å². The predicted molar refractivity (Wildman–Crippen MR) is 115 cm³/mol. The lowest BCUT2D eigenvalue weighted by molar-refractivity contribution is -0.735. The van der Waals surface area contributed by atoms with E-state index in [2.05, 4.69) is 15.3 Å². The van der Waals surface area contributed by atoms with Gasteiger partial charge < -0.3 is 24.6 Å². The van der Waals surface area contributed by atoms with Crippen molar-refractivity contribution in [2.45, 2.75) is 45.3 Å². The van der Waals surface area contributed by atoms with Crippen LogP contribution in [0.1, 0.15) is 33.6 Å². The van der Waals surface area contributed by atoms with Crippen molar-refractivity contribution in [3.8, 4) is 0 Å². The van der Waals surface area contributed by atoms with Gasteiger partial charge in [0, 0.05) is 45.4 Å². The maximum absolute atomic E-state index is 12.6. The molecule has 1 aromatic rings. The first kappa shape index (κ1) is 23.3. The van der Waals surface area contributed by atoms with Gasteiger partial charge in [-0.15, -0.1) is 0 Å². The molecule has 1 N–H and O–H groups in total. The minimum Gasteiger partial charge on any atom is -0.444 e. The Labute approximate surface area is 186 Å². The summed E-state index contributed by atoms with van der Waals surface area (Å²) in [5, 5.41) is 3.31. The molecule has 31 heavy (non-hydrogen) atoms. The smallest absolute Gasteiger partial charge is 0.410 e. The maximum atomic E-state index is 12.6. The molecule has 0 bridgehead atoms. The molecule has 0 saturated carbocycles. The molecule has 172 valence electrons. The summed E-state index contributed by atoms with van der Waals surface area (Å²) < 4.78 is 10.8. The lowest BCUT2D eigenvalue weighted by Crippen LogP contribution is -2.50. The van der Waals surface area contributed by atoms with E-state index in [1.165, 1.54) is 7.11 Å². The third-order valence-electron chi connectivity index (χ3n) is 4.98. The topological polar surface area (TPSA) is 109 Å². The molecular weight excluding hydrogens is 428 g/mol. The minimum absolute atomic E-state index is 0.0207. The second-order valence-corrected chi connectivity index (χ2v) is 8.78. The lowest BCUT2D eigenvalue weighted by atomic mass is 10.1. The van der Waals surface area contributed by atoms with Gasteiger partial charge in [-0.3, -0.25) is 0 Å². The standard InChI is InChI=1S/C19H30ClN6O5/c1-19(2,3)31-18(27)25-9-7-24(8-10-25)16-14(26(28)29-4)15(22-17(20)23-16)21-13-5-11-30-12-6-13/h13H,5-12H2,1-4H3,(H,21,22,23)/q+1. The molecule has 0 unspecified atom stereocenters. The molecule has 0 spiro atoms. The number of anilines is 2. The first-order valence-corrected chi connectivity index (χ1v) is 10.7. The second kappa shape index (κ2) is 9.82. The van der Waals surface area contributed by atoms with Gasteiger partial charge in [0.2, 0.25) is 16.9 Å². The number of nitrogens with one attached hydrogen (secondary N) is 1. The van der Waals surface area contributed by atoms with Gasteiger partial charge in [-0.1, -0.05) is 0 Å². The molecule has 0 aliphatic carbocycles. The predicted octanol–water partition coefficient (Wildman–Crippen LogP) is 2.75. The molecule has 2 fully saturated rings. The zero-order valence-corrected chi connectivity index (χ0v) is 19.1. The number of hydrogen-bond donors (Lipinski definition) is 1. The number of carbonyl (C=O) groups excluding carboxylic acids is 1. The molecule has 0 aromatic carbocycles. The first-order valence-electron chi connectivity index (χ1n) is 10.3. The first-order chi connectivity index (χ1) is 14.7. The molecule has 0 atom stereocenters. The van der Waals surface area contributed by atoms with Crippen molar-refractivity contribution in [1.29, 1.82) is 0 Å². The SMILES string of the molecule is CO[N+](=O)c1c(NC2CCOCC2)nc(Cl)nc1N1CCN(C(=O)OC(C)(C)C)CC1. The third kappa shape index (κ3) is 6.07. The van der Waals surface area contributed by atoms with Crippen LogP contribution in [0, 0.1) is 4.91 Å². The summed E-state index contributed by atoms with van der Waals surface area (Å²) in [6.07, 6.45) is 1.21. The van der Waals surface area contributed by atoms with E-state index >= 15 is 0 Å². The Hall–Kier alpha value is -2.40. The van der Waals surface area contributed by atoms with Gasteiger partial charge in [-0.25, -0.2) is 9.63 Å². The van der Waals surface area contributed by atoms with Gasteiger partial charge in [0.05, 0.1) is 4.91 Å². The van der Waals surface area contributed by atoms with Crippen molar-refractivity contribution in [1.82, 2.24) is 14.9 Å². The van der Waals surface area contributed by atoms with E-state index in [1.807, 2.05) is 25.7 Å². The number of ether oxygens (including phenoxy) is 2. The Balaban J connectivity index is 1.80. The van der Waals surface area contributed by atoms with Crippen molar-refractivity contribution in [2.24, 2.45) is 0 Å². The molecule has 12 heteroatoms. The highest BCUT2D eigenvalue weighted by Gasteiger charge is 2.36. The Morgan fingerprint density at radius 3 is 2.42 bits per heavy atom. The van der Waals surface area contributed by atoms with E-state index in [0.29, 0.717) is 56.0 Å². The number of piperazine rings is 1. The van der Waals surface area contributed by atoms with Crippen molar-refractivity contribution < 1.29 is 24.0 Å². The highest BCUT2D eigenvalue weighted by atomic mass is 35.5. The molecule has 1 aromatic heterocycles. The van der Waals surface area contributed by atoms with Crippen molar-refractivity contribution in [3.05, 3.63) is 10.2 Å². The summed E-state index contributed by atoms with van der Waals surface area (Å²) >= 11 is 6.20. The van der Waals surface area contributed by atoms with Gasteiger partial charge in [0.1, 0.15) is 5.60 Å². The van der Waals surface area contributed by atoms with Crippen LogP contribution >= 0.6 is 11.6 Å². The van der Waals surface area contributed by atoms with Gasteiger partial charge >= 0.3 is 11.8 Å². The van der Waals surface area contributed by atoms with E-state index in [1.54, 1.807) is 4.90 Å². The summed E-state index contributed by atoms with van der Waals surface area (Å²) in [7, 11) is 1.28. The summed E-state index contributed by atoms with van der Waals surface area (Å²) in [5.41, 5.74) is -0.405. The normalized spacial score (nSPS) is 18.0. The zero-order chi connectivity index (χ0) is 22.6. The van der Waals surface area contributed by atoms with E-state index < -0.39 is 5.60 Å². The summed E-state index contributed by atoms with van der Waals surface area (Å²) in [5.74, 6) is 0.670. The minimum atomic E-state index is -0.562.